The standard InChI is InChI=1S/C70H120O6/c1-4-7-10-13-16-19-22-25-27-29-31-33-35-37-38-40-42-45-48-51-54-57-60-63-69(72)75-66-67(65-74-68(71)62-59-56-53-50-47-44-24-21-18-15-12-9-6-3)76-70(73)64-61-58-55-52-49-46-43-41-39-36-34-32-30-28-26-23-20-17-14-11-8-5-2/h7,10,16,19,21,24-25,27,31,33,37-38,42,45,51,54,67H,4-6,8-9,11-15,17-18,20,22-23,26,28-30,32,34-36,39-41,43-44,46-50,52-53,55-66H2,1-3H3/b10-7-,19-16-,24-21-,27-25-,33-31-,38-37-,45-42-,54-51-. The van der Waals surface area contributed by atoms with E-state index in [0.29, 0.717) is 19.3 Å². The molecule has 0 aromatic rings. The molecule has 0 heterocycles. The van der Waals surface area contributed by atoms with Crippen LogP contribution in [0, 0.1) is 0 Å². The monoisotopic (exact) mass is 1060 g/mol. The number of esters is 3. The van der Waals surface area contributed by atoms with Gasteiger partial charge >= 0.3 is 17.9 Å². The Hall–Kier alpha value is -3.67. The third kappa shape index (κ3) is 61.2. The van der Waals surface area contributed by atoms with Crippen LogP contribution in [0.5, 0.6) is 0 Å². The molecular formula is C70H120O6. The zero-order valence-corrected chi connectivity index (χ0v) is 50.0. The van der Waals surface area contributed by atoms with Crippen LogP contribution in [0.4, 0.5) is 0 Å². The van der Waals surface area contributed by atoms with E-state index in [-0.39, 0.29) is 37.5 Å². The van der Waals surface area contributed by atoms with Gasteiger partial charge in [0, 0.05) is 19.3 Å². The number of unbranched alkanes of at least 4 members (excludes halogenated alkanes) is 31. The maximum absolute atomic E-state index is 12.9. The summed E-state index contributed by atoms with van der Waals surface area (Å²) < 4.78 is 16.9. The first kappa shape index (κ1) is 72.3. The summed E-state index contributed by atoms with van der Waals surface area (Å²) in [5, 5.41) is 0. The van der Waals surface area contributed by atoms with Crippen LogP contribution >= 0.6 is 0 Å². The molecule has 76 heavy (non-hydrogen) atoms. The van der Waals surface area contributed by atoms with Gasteiger partial charge in [-0.3, -0.25) is 14.4 Å². The molecule has 0 aliphatic heterocycles. The highest BCUT2D eigenvalue weighted by atomic mass is 16.6. The second kappa shape index (κ2) is 63.9. The Morgan fingerprint density at radius 3 is 0.882 bits per heavy atom. The SMILES string of the molecule is CC/C=C\C/C=C\C/C=C\C/C=C\C/C=C\C/C=C\C/C=C\CCCC(=O)OCC(COC(=O)CCCCCCC/C=C\CCCCCC)OC(=O)CCCCCCCCCCCCCCCCCCCCCCCC. The van der Waals surface area contributed by atoms with Crippen LogP contribution in [0.3, 0.4) is 0 Å². The van der Waals surface area contributed by atoms with Crippen LogP contribution in [0.2, 0.25) is 0 Å². The van der Waals surface area contributed by atoms with Crippen molar-refractivity contribution in [1.82, 2.24) is 0 Å². The summed E-state index contributed by atoms with van der Waals surface area (Å²) >= 11 is 0. The fourth-order valence-corrected chi connectivity index (χ4v) is 9.02. The minimum absolute atomic E-state index is 0.0979. The molecule has 0 rings (SSSR count). The molecule has 436 valence electrons. The molecule has 0 aromatic carbocycles. The molecule has 0 bridgehead atoms. The van der Waals surface area contributed by atoms with Crippen molar-refractivity contribution in [2.75, 3.05) is 13.2 Å². The minimum atomic E-state index is -0.805. The molecule has 0 amide bonds. The lowest BCUT2D eigenvalue weighted by Crippen LogP contribution is -2.30. The highest BCUT2D eigenvalue weighted by Crippen LogP contribution is 2.17. The van der Waals surface area contributed by atoms with E-state index in [4.69, 9.17) is 14.2 Å². The smallest absolute Gasteiger partial charge is 0.306 e. The minimum Gasteiger partial charge on any atom is -0.462 e. The molecule has 1 unspecified atom stereocenters. The van der Waals surface area contributed by atoms with E-state index in [0.717, 1.165) is 96.3 Å². The molecule has 0 fully saturated rings. The lowest BCUT2D eigenvalue weighted by atomic mass is 10.0. The average Bonchev–Trinajstić information content (AvgIpc) is 3.42. The summed E-state index contributed by atoms with van der Waals surface area (Å²) in [5.74, 6) is -0.956. The topological polar surface area (TPSA) is 78.9 Å². The average molecular weight is 1060 g/mol. The van der Waals surface area contributed by atoms with Gasteiger partial charge in [-0.1, -0.05) is 291 Å². The van der Waals surface area contributed by atoms with E-state index in [9.17, 15) is 14.4 Å². The first-order valence-electron chi connectivity index (χ1n) is 32.2. The highest BCUT2D eigenvalue weighted by Gasteiger charge is 2.19. The number of carbonyl (C=O) groups excluding carboxylic acids is 3. The van der Waals surface area contributed by atoms with Crippen molar-refractivity contribution in [3.8, 4) is 0 Å². The summed E-state index contributed by atoms with van der Waals surface area (Å²) in [6.45, 7) is 6.49. The Kier molecular flexibility index (Phi) is 60.8. The normalized spacial score (nSPS) is 12.7. The van der Waals surface area contributed by atoms with Gasteiger partial charge in [0.25, 0.3) is 0 Å². The van der Waals surface area contributed by atoms with E-state index < -0.39 is 6.10 Å². The van der Waals surface area contributed by atoms with Gasteiger partial charge < -0.3 is 14.2 Å². The van der Waals surface area contributed by atoms with Gasteiger partial charge in [0.1, 0.15) is 13.2 Å². The van der Waals surface area contributed by atoms with Crippen LogP contribution in [0.15, 0.2) is 97.2 Å². The molecule has 0 saturated heterocycles. The fraction of sp³-hybridized carbons (Fsp3) is 0.729. The molecule has 0 saturated carbocycles. The van der Waals surface area contributed by atoms with E-state index in [1.807, 2.05) is 0 Å². The predicted octanol–water partition coefficient (Wildman–Crippen LogP) is 22.0. The van der Waals surface area contributed by atoms with Crippen molar-refractivity contribution >= 4 is 17.9 Å². The molecule has 6 nitrogen and oxygen atoms in total. The Morgan fingerprint density at radius 2 is 0.526 bits per heavy atom. The lowest BCUT2D eigenvalue weighted by Gasteiger charge is -2.18. The van der Waals surface area contributed by atoms with Crippen LogP contribution in [-0.4, -0.2) is 37.2 Å². The molecule has 0 radical (unpaired) electrons. The largest absolute Gasteiger partial charge is 0.462 e. The predicted molar refractivity (Wildman–Crippen MR) is 330 cm³/mol. The maximum atomic E-state index is 12.9. The van der Waals surface area contributed by atoms with Crippen molar-refractivity contribution in [1.29, 1.82) is 0 Å². The van der Waals surface area contributed by atoms with Gasteiger partial charge in [0.2, 0.25) is 0 Å². The van der Waals surface area contributed by atoms with E-state index in [1.54, 1.807) is 0 Å². The van der Waals surface area contributed by atoms with Gasteiger partial charge in [-0.05, 0) is 96.3 Å². The lowest BCUT2D eigenvalue weighted by molar-refractivity contribution is -0.167. The van der Waals surface area contributed by atoms with Crippen molar-refractivity contribution in [2.24, 2.45) is 0 Å². The first-order valence-corrected chi connectivity index (χ1v) is 32.2. The van der Waals surface area contributed by atoms with Crippen LogP contribution < -0.4 is 0 Å². The maximum Gasteiger partial charge on any atom is 0.306 e. The quantitative estimate of drug-likeness (QED) is 0.0261. The molecule has 0 spiro atoms. The van der Waals surface area contributed by atoms with E-state index in [1.165, 1.54) is 167 Å². The van der Waals surface area contributed by atoms with Gasteiger partial charge in [-0.15, -0.1) is 0 Å². The third-order valence-electron chi connectivity index (χ3n) is 13.8. The van der Waals surface area contributed by atoms with Crippen LogP contribution in [0.1, 0.15) is 310 Å². The van der Waals surface area contributed by atoms with Crippen LogP contribution in [0.25, 0.3) is 0 Å². The zero-order valence-electron chi connectivity index (χ0n) is 50.0. The number of allylic oxidation sites excluding steroid dienone is 16. The highest BCUT2D eigenvalue weighted by molar-refractivity contribution is 5.71. The molecule has 0 aromatic heterocycles. The van der Waals surface area contributed by atoms with Crippen molar-refractivity contribution in [3.05, 3.63) is 97.2 Å². The summed E-state index contributed by atoms with van der Waals surface area (Å²) in [6, 6.07) is 0. The van der Waals surface area contributed by atoms with Gasteiger partial charge in [-0.25, -0.2) is 0 Å². The number of hydrogen-bond donors (Lipinski definition) is 0. The third-order valence-corrected chi connectivity index (χ3v) is 13.8. The molecule has 1 atom stereocenters. The Labute approximate surface area is 470 Å². The Balaban J connectivity index is 4.41. The number of ether oxygens (including phenoxy) is 3. The number of carbonyl (C=O) groups is 3. The van der Waals surface area contributed by atoms with Crippen LogP contribution in [-0.2, 0) is 28.6 Å². The number of hydrogen-bond acceptors (Lipinski definition) is 6. The second-order valence-corrected chi connectivity index (χ2v) is 21.3. The van der Waals surface area contributed by atoms with Crippen molar-refractivity contribution < 1.29 is 28.6 Å². The van der Waals surface area contributed by atoms with Crippen molar-refractivity contribution in [2.45, 2.75) is 316 Å². The summed E-state index contributed by atoms with van der Waals surface area (Å²) in [5.41, 5.74) is 0. The molecule has 0 N–H and O–H groups in total. The van der Waals surface area contributed by atoms with Crippen molar-refractivity contribution in [3.63, 3.8) is 0 Å². The summed E-state index contributed by atoms with van der Waals surface area (Å²) in [4.78, 5) is 38.3. The molecule has 0 aliphatic carbocycles. The summed E-state index contributed by atoms with van der Waals surface area (Å²) in [7, 11) is 0. The fourth-order valence-electron chi connectivity index (χ4n) is 9.02. The Morgan fingerprint density at radius 1 is 0.276 bits per heavy atom. The van der Waals surface area contributed by atoms with E-state index >= 15 is 0 Å². The van der Waals surface area contributed by atoms with Gasteiger partial charge in [-0.2, -0.15) is 0 Å². The Bertz CT molecular complexity index is 1490. The second-order valence-electron chi connectivity index (χ2n) is 21.3. The van der Waals surface area contributed by atoms with Gasteiger partial charge in [0.05, 0.1) is 0 Å². The van der Waals surface area contributed by atoms with E-state index in [2.05, 4.69) is 118 Å². The molecule has 6 heteroatoms. The summed E-state index contributed by atoms with van der Waals surface area (Å²) in [6.07, 6.45) is 85.7. The number of rotatable bonds is 58. The first-order chi connectivity index (χ1) is 37.5. The van der Waals surface area contributed by atoms with Gasteiger partial charge in [0.15, 0.2) is 6.10 Å². The molecule has 0 aliphatic rings. The zero-order chi connectivity index (χ0) is 55.0. The molecular weight excluding hydrogens is 937 g/mol.